The van der Waals surface area contributed by atoms with Crippen molar-refractivity contribution in [3.8, 4) is 0 Å². The van der Waals surface area contributed by atoms with Crippen LogP contribution in [0.2, 0.25) is 0 Å². The fourth-order valence-electron chi connectivity index (χ4n) is 1.98. The predicted octanol–water partition coefficient (Wildman–Crippen LogP) is 4.31. The largest absolute Gasteiger partial charge is 0.467 e. The zero-order chi connectivity index (χ0) is 14.6. The molecule has 3 nitrogen and oxygen atoms in total. The topological polar surface area (TPSA) is 33.5 Å². The minimum atomic E-state index is -0.00600. The molecule has 108 valence electrons. The minimum Gasteiger partial charge on any atom is -0.467 e. The SMILES string of the molecule is CC(C)(C)CC(=O)N(Cc1ccco1)Cc1cccs1. The van der Waals surface area contributed by atoms with Crippen molar-refractivity contribution in [3.63, 3.8) is 0 Å². The summed E-state index contributed by atoms with van der Waals surface area (Å²) in [6.07, 6.45) is 2.19. The molecule has 0 saturated heterocycles. The molecule has 20 heavy (non-hydrogen) atoms. The molecule has 0 spiro atoms. The number of amides is 1. The number of nitrogens with zero attached hydrogens (tertiary/aromatic N) is 1. The molecular weight excluding hydrogens is 270 g/mol. The smallest absolute Gasteiger partial charge is 0.223 e. The van der Waals surface area contributed by atoms with Gasteiger partial charge in [0.25, 0.3) is 0 Å². The molecule has 2 heterocycles. The summed E-state index contributed by atoms with van der Waals surface area (Å²) in [4.78, 5) is 15.6. The van der Waals surface area contributed by atoms with Gasteiger partial charge < -0.3 is 9.32 Å². The van der Waals surface area contributed by atoms with Crippen molar-refractivity contribution >= 4 is 17.2 Å². The maximum Gasteiger partial charge on any atom is 0.223 e. The van der Waals surface area contributed by atoms with Crippen LogP contribution in [0.15, 0.2) is 40.3 Å². The fourth-order valence-corrected chi connectivity index (χ4v) is 2.70. The van der Waals surface area contributed by atoms with Crippen LogP contribution in [0.5, 0.6) is 0 Å². The number of thiophene rings is 1. The van der Waals surface area contributed by atoms with Gasteiger partial charge >= 0.3 is 0 Å². The highest BCUT2D eigenvalue weighted by atomic mass is 32.1. The molecule has 2 rings (SSSR count). The summed E-state index contributed by atoms with van der Waals surface area (Å²) < 4.78 is 5.37. The van der Waals surface area contributed by atoms with Gasteiger partial charge in [-0.1, -0.05) is 26.8 Å². The lowest BCUT2D eigenvalue weighted by Crippen LogP contribution is -2.32. The van der Waals surface area contributed by atoms with Crippen LogP contribution in [0.1, 0.15) is 37.8 Å². The number of carbonyl (C=O) groups excluding carboxylic acids is 1. The van der Waals surface area contributed by atoms with Gasteiger partial charge in [0.1, 0.15) is 5.76 Å². The number of carbonyl (C=O) groups is 1. The molecule has 0 aliphatic heterocycles. The Balaban J connectivity index is 2.08. The van der Waals surface area contributed by atoms with Gasteiger partial charge in [-0.05, 0) is 29.0 Å². The van der Waals surface area contributed by atoms with Crippen molar-refractivity contribution in [1.29, 1.82) is 0 Å². The van der Waals surface area contributed by atoms with E-state index in [9.17, 15) is 4.79 Å². The number of hydrogen-bond acceptors (Lipinski definition) is 3. The minimum absolute atomic E-state index is 0.00600. The Morgan fingerprint density at radius 3 is 2.60 bits per heavy atom. The summed E-state index contributed by atoms with van der Waals surface area (Å²) in [5, 5.41) is 2.04. The van der Waals surface area contributed by atoms with E-state index in [0.717, 1.165) is 5.76 Å². The van der Waals surface area contributed by atoms with Crippen molar-refractivity contribution < 1.29 is 9.21 Å². The summed E-state index contributed by atoms with van der Waals surface area (Å²) in [5.41, 5.74) is -0.00600. The highest BCUT2D eigenvalue weighted by Gasteiger charge is 2.22. The monoisotopic (exact) mass is 291 g/mol. The lowest BCUT2D eigenvalue weighted by Gasteiger charge is -2.25. The van der Waals surface area contributed by atoms with Gasteiger partial charge in [0.15, 0.2) is 0 Å². The second-order valence-electron chi connectivity index (χ2n) is 6.15. The first kappa shape index (κ1) is 14.9. The third-order valence-electron chi connectivity index (χ3n) is 2.89. The van der Waals surface area contributed by atoms with E-state index in [1.807, 2.05) is 28.5 Å². The lowest BCUT2D eigenvalue weighted by atomic mass is 9.91. The predicted molar refractivity (Wildman–Crippen MR) is 81.4 cm³/mol. The van der Waals surface area contributed by atoms with E-state index >= 15 is 0 Å². The zero-order valence-corrected chi connectivity index (χ0v) is 13.1. The molecule has 0 aliphatic carbocycles. The highest BCUT2D eigenvalue weighted by Crippen LogP contribution is 2.22. The Labute approximate surface area is 124 Å². The van der Waals surface area contributed by atoms with Gasteiger partial charge in [0, 0.05) is 11.3 Å². The summed E-state index contributed by atoms with van der Waals surface area (Å²) in [5.74, 6) is 0.992. The van der Waals surface area contributed by atoms with Crippen molar-refractivity contribution in [2.75, 3.05) is 0 Å². The van der Waals surface area contributed by atoms with E-state index in [2.05, 4.69) is 26.8 Å². The molecule has 4 heteroatoms. The molecule has 2 aromatic heterocycles. The van der Waals surface area contributed by atoms with Crippen LogP contribution in [0.25, 0.3) is 0 Å². The van der Waals surface area contributed by atoms with E-state index in [4.69, 9.17) is 4.42 Å². The van der Waals surface area contributed by atoms with Crippen molar-refractivity contribution in [3.05, 3.63) is 46.5 Å². The van der Waals surface area contributed by atoms with E-state index in [0.29, 0.717) is 19.5 Å². The number of furan rings is 1. The van der Waals surface area contributed by atoms with Crippen molar-refractivity contribution in [1.82, 2.24) is 4.90 Å². The Hall–Kier alpha value is -1.55. The molecule has 0 radical (unpaired) electrons. The quantitative estimate of drug-likeness (QED) is 0.822. The van der Waals surface area contributed by atoms with E-state index in [1.54, 1.807) is 17.6 Å². The number of rotatable bonds is 5. The molecule has 0 N–H and O–H groups in total. The molecule has 0 aliphatic rings. The second kappa shape index (κ2) is 6.27. The molecule has 0 fully saturated rings. The molecule has 0 aromatic carbocycles. The molecule has 0 unspecified atom stereocenters. The van der Waals surface area contributed by atoms with Gasteiger partial charge in [0.05, 0.1) is 19.4 Å². The Morgan fingerprint density at radius 2 is 2.05 bits per heavy atom. The molecule has 2 aromatic rings. The molecule has 1 amide bonds. The zero-order valence-electron chi connectivity index (χ0n) is 12.3. The lowest BCUT2D eigenvalue weighted by molar-refractivity contribution is -0.134. The summed E-state index contributed by atoms with van der Waals surface area (Å²) >= 11 is 1.67. The maximum atomic E-state index is 12.5. The standard InChI is InChI=1S/C16H21NO2S/c1-16(2,3)10-15(18)17(11-13-6-4-8-19-13)12-14-7-5-9-20-14/h4-9H,10-12H2,1-3H3. The first-order valence-electron chi connectivity index (χ1n) is 6.76. The van der Waals surface area contributed by atoms with Gasteiger partial charge in [0.2, 0.25) is 5.91 Å². The van der Waals surface area contributed by atoms with Crippen molar-refractivity contribution in [2.24, 2.45) is 5.41 Å². The average Bonchev–Trinajstić information content (AvgIpc) is 2.98. The van der Waals surface area contributed by atoms with Crippen LogP contribution in [-0.4, -0.2) is 10.8 Å². The van der Waals surface area contributed by atoms with Crippen LogP contribution in [0.4, 0.5) is 0 Å². The van der Waals surface area contributed by atoms with Gasteiger partial charge in [-0.15, -0.1) is 11.3 Å². The maximum absolute atomic E-state index is 12.5. The van der Waals surface area contributed by atoms with Crippen LogP contribution < -0.4 is 0 Å². The second-order valence-corrected chi connectivity index (χ2v) is 7.18. The van der Waals surface area contributed by atoms with Crippen LogP contribution in [0, 0.1) is 5.41 Å². The third-order valence-corrected chi connectivity index (χ3v) is 3.75. The van der Waals surface area contributed by atoms with E-state index < -0.39 is 0 Å². The molecular formula is C16H21NO2S. The van der Waals surface area contributed by atoms with Crippen LogP contribution in [-0.2, 0) is 17.9 Å². The summed E-state index contributed by atoms with van der Waals surface area (Å²) in [6, 6.07) is 7.84. The fraction of sp³-hybridized carbons (Fsp3) is 0.438. The Kier molecular flexibility index (Phi) is 4.65. The van der Waals surface area contributed by atoms with Gasteiger partial charge in [-0.25, -0.2) is 0 Å². The Morgan fingerprint density at radius 1 is 1.25 bits per heavy atom. The van der Waals surface area contributed by atoms with Crippen LogP contribution >= 0.6 is 11.3 Å². The van der Waals surface area contributed by atoms with Gasteiger partial charge in [-0.3, -0.25) is 4.79 Å². The first-order valence-corrected chi connectivity index (χ1v) is 7.64. The van der Waals surface area contributed by atoms with E-state index in [1.165, 1.54) is 4.88 Å². The third kappa shape index (κ3) is 4.53. The molecule has 0 atom stereocenters. The average molecular weight is 291 g/mol. The number of hydrogen-bond donors (Lipinski definition) is 0. The molecule has 0 bridgehead atoms. The molecule has 0 saturated carbocycles. The summed E-state index contributed by atoms with van der Waals surface area (Å²) in [7, 11) is 0. The summed E-state index contributed by atoms with van der Waals surface area (Å²) in [6.45, 7) is 7.43. The highest BCUT2D eigenvalue weighted by molar-refractivity contribution is 7.09. The van der Waals surface area contributed by atoms with E-state index in [-0.39, 0.29) is 11.3 Å². The van der Waals surface area contributed by atoms with Crippen LogP contribution in [0.3, 0.4) is 0 Å². The Bertz CT molecular complexity index is 487. The van der Waals surface area contributed by atoms with Crippen molar-refractivity contribution in [2.45, 2.75) is 40.3 Å². The first-order chi connectivity index (χ1) is 9.44. The van der Waals surface area contributed by atoms with Gasteiger partial charge in [-0.2, -0.15) is 0 Å². The normalized spacial score (nSPS) is 11.6.